The lowest BCUT2D eigenvalue weighted by atomic mass is 10.2. The van der Waals surface area contributed by atoms with Crippen LogP contribution in [0.1, 0.15) is 5.56 Å². The van der Waals surface area contributed by atoms with E-state index in [9.17, 15) is 14.9 Å². The van der Waals surface area contributed by atoms with Crippen LogP contribution in [0.15, 0.2) is 46.2 Å². The van der Waals surface area contributed by atoms with E-state index in [1.807, 2.05) is 0 Å². The molecule has 1 aromatic carbocycles. The Morgan fingerprint density at radius 2 is 2.19 bits per heavy atom. The molecule has 0 aliphatic carbocycles. The molecule has 10 heteroatoms. The Hall–Kier alpha value is -3.14. The number of rotatable bonds is 6. The van der Waals surface area contributed by atoms with Gasteiger partial charge in [0, 0.05) is 13.1 Å². The molecule has 0 spiro atoms. The molecule has 0 aliphatic heterocycles. The van der Waals surface area contributed by atoms with E-state index in [2.05, 4.69) is 15.5 Å². The first kappa shape index (κ1) is 17.7. The normalized spacial score (nSPS) is 10.7. The van der Waals surface area contributed by atoms with Crippen molar-refractivity contribution in [2.75, 3.05) is 11.1 Å². The summed E-state index contributed by atoms with van der Waals surface area (Å²) in [5, 5.41) is 22.3. The summed E-state index contributed by atoms with van der Waals surface area (Å²) >= 11 is 1.18. The minimum Gasteiger partial charge on any atom is -0.461 e. The average Bonchev–Trinajstić information content (AvgIpc) is 3.24. The Morgan fingerprint density at radius 3 is 2.88 bits per heavy atom. The first-order valence-corrected chi connectivity index (χ1v) is 8.55. The van der Waals surface area contributed by atoms with Gasteiger partial charge in [0.1, 0.15) is 5.69 Å². The number of hydrogen-bond acceptors (Lipinski definition) is 7. The highest BCUT2D eigenvalue weighted by Crippen LogP contribution is 2.26. The smallest absolute Gasteiger partial charge is 0.293 e. The van der Waals surface area contributed by atoms with Crippen LogP contribution >= 0.6 is 11.8 Å². The average molecular weight is 373 g/mol. The highest BCUT2D eigenvalue weighted by molar-refractivity contribution is 7.99. The maximum atomic E-state index is 12.2. The monoisotopic (exact) mass is 373 g/mol. The summed E-state index contributed by atoms with van der Waals surface area (Å²) < 4.78 is 7.00. The van der Waals surface area contributed by atoms with Gasteiger partial charge in [-0.15, -0.1) is 10.2 Å². The molecule has 0 atom stereocenters. The number of hydrogen-bond donors (Lipinski definition) is 1. The summed E-state index contributed by atoms with van der Waals surface area (Å²) in [7, 11) is 1.77. The van der Waals surface area contributed by atoms with Crippen molar-refractivity contribution >= 4 is 29.0 Å². The second-order valence-corrected chi connectivity index (χ2v) is 6.40. The SMILES string of the molecule is Cc1ccc(NC(=O)CSc2nnc(-c3ccco3)n2C)c([N+](=O)[O-])c1. The quantitative estimate of drug-likeness (QED) is 0.401. The van der Waals surface area contributed by atoms with Gasteiger partial charge in [0.25, 0.3) is 5.69 Å². The van der Waals surface area contributed by atoms with Crippen LogP contribution in [-0.2, 0) is 11.8 Å². The van der Waals surface area contributed by atoms with Crippen molar-refractivity contribution in [2.24, 2.45) is 7.05 Å². The Bertz CT molecular complexity index is 952. The molecular formula is C16H15N5O4S. The molecule has 2 heterocycles. The van der Waals surface area contributed by atoms with E-state index < -0.39 is 4.92 Å². The van der Waals surface area contributed by atoms with Crippen molar-refractivity contribution in [3.8, 4) is 11.6 Å². The summed E-state index contributed by atoms with van der Waals surface area (Å²) in [4.78, 5) is 22.8. The molecule has 3 rings (SSSR count). The van der Waals surface area contributed by atoms with Crippen LogP contribution in [0.4, 0.5) is 11.4 Å². The van der Waals surface area contributed by atoms with Gasteiger partial charge in [-0.2, -0.15) is 0 Å². The number of amides is 1. The van der Waals surface area contributed by atoms with E-state index in [0.717, 1.165) is 5.56 Å². The molecule has 0 fully saturated rings. The summed E-state index contributed by atoms with van der Waals surface area (Å²) in [6, 6.07) is 8.16. The molecule has 0 saturated heterocycles. The third kappa shape index (κ3) is 3.75. The lowest BCUT2D eigenvalue weighted by molar-refractivity contribution is -0.384. The fourth-order valence-electron chi connectivity index (χ4n) is 2.28. The van der Waals surface area contributed by atoms with Crippen LogP contribution < -0.4 is 5.32 Å². The molecule has 0 radical (unpaired) electrons. The fraction of sp³-hybridized carbons (Fsp3) is 0.188. The van der Waals surface area contributed by atoms with Gasteiger partial charge in [0.2, 0.25) is 5.91 Å². The second kappa shape index (κ2) is 7.40. The molecule has 2 aromatic heterocycles. The number of aromatic nitrogens is 3. The minimum absolute atomic E-state index is 0.0369. The van der Waals surface area contributed by atoms with E-state index in [1.54, 1.807) is 43.0 Å². The lowest BCUT2D eigenvalue weighted by Gasteiger charge is -2.06. The number of nitrogens with one attached hydrogen (secondary N) is 1. The summed E-state index contributed by atoms with van der Waals surface area (Å²) in [5.74, 6) is 0.790. The van der Waals surface area contributed by atoms with Gasteiger partial charge < -0.3 is 14.3 Å². The molecular weight excluding hydrogens is 358 g/mol. The predicted octanol–water partition coefficient (Wildman–Crippen LogP) is 3.02. The third-order valence-electron chi connectivity index (χ3n) is 3.53. The van der Waals surface area contributed by atoms with Gasteiger partial charge in [0.15, 0.2) is 16.7 Å². The zero-order valence-electron chi connectivity index (χ0n) is 14.0. The molecule has 0 unspecified atom stereocenters. The van der Waals surface area contributed by atoms with E-state index in [1.165, 1.54) is 23.9 Å². The Kier molecular flexibility index (Phi) is 5.03. The van der Waals surface area contributed by atoms with Crippen molar-refractivity contribution in [1.29, 1.82) is 0 Å². The minimum atomic E-state index is -0.520. The molecule has 0 aliphatic rings. The first-order valence-electron chi connectivity index (χ1n) is 7.56. The number of nitrogens with zero attached hydrogens (tertiary/aromatic N) is 4. The number of carbonyl (C=O) groups excluding carboxylic acids is 1. The van der Waals surface area contributed by atoms with E-state index in [-0.39, 0.29) is 23.0 Å². The van der Waals surface area contributed by atoms with Gasteiger partial charge in [-0.1, -0.05) is 17.8 Å². The highest BCUT2D eigenvalue weighted by Gasteiger charge is 2.18. The molecule has 1 N–H and O–H groups in total. The Morgan fingerprint density at radius 1 is 1.38 bits per heavy atom. The van der Waals surface area contributed by atoms with Crippen molar-refractivity contribution in [3.63, 3.8) is 0 Å². The number of nitro benzene ring substituents is 1. The topological polar surface area (TPSA) is 116 Å². The Labute approximate surface area is 152 Å². The Balaban J connectivity index is 1.66. The van der Waals surface area contributed by atoms with E-state index in [4.69, 9.17) is 4.42 Å². The maximum Gasteiger partial charge on any atom is 0.293 e. The van der Waals surface area contributed by atoms with Crippen molar-refractivity contribution in [2.45, 2.75) is 12.1 Å². The van der Waals surface area contributed by atoms with Gasteiger partial charge in [-0.05, 0) is 30.7 Å². The van der Waals surface area contributed by atoms with Crippen LogP contribution in [0, 0.1) is 17.0 Å². The third-order valence-corrected chi connectivity index (χ3v) is 4.55. The molecule has 9 nitrogen and oxygen atoms in total. The number of anilines is 1. The molecule has 26 heavy (non-hydrogen) atoms. The highest BCUT2D eigenvalue weighted by atomic mass is 32.2. The second-order valence-electron chi connectivity index (χ2n) is 5.46. The number of nitro groups is 1. The van der Waals surface area contributed by atoms with Crippen molar-refractivity contribution in [3.05, 3.63) is 52.3 Å². The van der Waals surface area contributed by atoms with Gasteiger partial charge in [-0.25, -0.2) is 0 Å². The molecule has 0 bridgehead atoms. The van der Waals surface area contributed by atoms with Crippen LogP contribution in [-0.4, -0.2) is 31.3 Å². The number of thioether (sulfide) groups is 1. The standard InChI is InChI=1S/C16H15N5O4S/c1-10-5-6-11(12(8-10)21(23)24)17-14(22)9-26-16-19-18-15(20(16)2)13-4-3-7-25-13/h3-8H,9H2,1-2H3,(H,17,22). The zero-order valence-corrected chi connectivity index (χ0v) is 14.8. The van der Waals surface area contributed by atoms with E-state index >= 15 is 0 Å². The van der Waals surface area contributed by atoms with Gasteiger partial charge >= 0.3 is 0 Å². The summed E-state index contributed by atoms with van der Waals surface area (Å²) in [5.41, 5.74) is 0.774. The lowest BCUT2D eigenvalue weighted by Crippen LogP contribution is -2.15. The number of carbonyl (C=O) groups is 1. The molecule has 0 saturated carbocycles. The van der Waals surface area contributed by atoms with E-state index in [0.29, 0.717) is 16.7 Å². The number of aryl methyl sites for hydroxylation is 1. The predicted molar refractivity (Wildman–Crippen MR) is 95.9 cm³/mol. The van der Waals surface area contributed by atoms with Crippen LogP contribution in [0.5, 0.6) is 0 Å². The fourth-order valence-corrected chi connectivity index (χ4v) is 2.99. The molecule has 1 amide bonds. The number of furan rings is 1. The molecule has 134 valence electrons. The van der Waals surface area contributed by atoms with Crippen LogP contribution in [0.25, 0.3) is 11.6 Å². The number of benzene rings is 1. The molecule has 3 aromatic rings. The van der Waals surface area contributed by atoms with Crippen LogP contribution in [0.2, 0.25) is 0 Å². The van der Waals surface area contributed by atoms with Crippen molar-refractivity contribution in [1.82, 2.24) is 14.8 Å². The largest absolute Gasteiger partial charge is 0.461 e. The van der Waals surface area contributed by atoms with Gasteiger partial charge in [0.05, 0.1) is 16.9 Å². The zero-order chi connectivity index (χ0) is 18.7. The van der Waals surface area contributed by atoms with Crippen LogP contribution in [0.3, 0.4) is 0 Å². The summed E-state index contributed by atoms with van der Waals surface area (Å²) in [6.45, 7) is 1.75. The van der Waals surface area contributed by atoms with Gasteiger partial charge in [-0.3, -0.25) is 14.9 Å². The maximum absolute atomic E-state index is 12.2. The summed E-state index contributed by atoms with van der Waals surface area (Å²) in [6.07, 6.45) is 1.54. The van der Waals surface area contributed by atoms with Crippen molar-refractivity contribution < 1.29 is 14.1 Å². The first-order chi connectivity index (χ1) is 12.5.